The number of aromatic amines is 1. The maximum absolute atomic E-state index is 12.4. The molecule has 7 heteroatoms. The highest BCUT2D eigenvalue weighted by molar-refractivity contribution is 6.06. The number of carbonyl (C=O) groups is 2. The molecule has 2 aromatic rings. The number of aliphatic carboxylic acids is 1. The molecule has 1 aliphatic carbocycles. The lowest BCUT2D eigenvalue weighted by molar-refractivity contribution is -0.139. The molecular formula is C16H20N4O3. The molecule has 1 saturated carbocycles. The average Bonchev–Trinajstić information content (AvgIpc) is 2.96. The van der Waals surface area contributed by atoms with E-state index in [0.717, 1.165) is 23.7 Å². The van der Waals surface area contributed by atoms with Gasteiger partial charge in [-0.05, 0) is 31.5 Å². The minimum atomic E-state index is -0.814. The van der Waals surface area contributed by atoms with Gasteiger partial charge in [-0.25, -0.2) is 0 Å². The number of H-pyrrole nitrogens is 1. The van der Waals surface area contributed by atoms with E-state index in [1.54, 1.807) is 12.3 Å². The van der Waals surface area contributed by atoms with Gasteiger partial charge in [0.25, 0.3) is 5.91 Å². The Morgan fingerprint density at radius 1 is 1.43 bits per heavy atom. The average molecular weight is 316 g/mol. The number of amides is 1. The van der Waals surface area contributed by atoms with Crippen LogP contribution in [0.4, 0.5) is 0 Å². The van der Waals surface area contributed by atoms with E-state index >= 15 is 0 Å². The minimum Gasteiger partial charge on any atom is -0.480 e. The van der Waals surface area contributed by atoms with Crippen molar-refractivity contribution in [1.29, 1.82) is 0 Å². The van der Waals surface area contributed by atoms with Crippen LogP contribution in [-0.2, 0) is 4.79 Å². The Bertz CT molecular complexity index is 721. The largest absolute Gasteiger partial charge is 0.480 e. The normalized spacial score (nSPS) is 20.4. The number of nitrogens with one attached hydrogen (secondary N) is 2. The zero-order valence-electron chi connectivity index (χ0n) is 13.0. The van der Waals surface area contributed by atoms with Crippen LogP contribution in [0.15, 0.2) is 24.4 Å². The molecule has 0 saturated heterocycles. The fourth-order valence-electron chi connectivity index (χ4n) is 3.11. The molecule has 1 aromatic heterocycles. The number of carbonyl (C=O) groups excluding carboxylic acids is 1. The molecule has 0 bridgehead atoms. The van der Waals surface area contributed by atoms with Gasteiger partial charge < -0.3 is 10.4 Å². The minimum absolute atomic E-state index is 0.0517. The second-order valence-corrected chi connectivity index (χ2v) is 5.89. The third kappa shape index (κ3) is 3.19. The van der Waals surface area contributed by atoms with Gasteiger partial charge >= 0.3 is 5.97 Å². The predicted octanol–water partition coefficient (Wildman–Crippen LogP) is 1.23. The van der Waals surface area contributed by atoms with Crippen LogP contribution in [0.1, 0.15) is 30.1 Å². The lowest BCUT2D eigenvalue weighted by atomic mass is 9.85. The highest BCUT2D eigenvalue weighted by Crippen LogP contribution is 2.26. The molecule has 1 aromatic carbocycles. The van der Waals surface area contributed by atoms with Crippen LogP contribution in [0.5, 0.6) is 0 Å². The fraction of sp³-hybridized carbons (Fsp3) is 0.438. The summed E-state index contributed by atoms with van der Waals surface area (Å²) >= 11 is 0. The van der Waals surface area contributed by atoms with Gasteiger partial charge in [-0.2, -0.15) is 5.10 Å². The van der Waals surface area contributed by atoms with Crippen molar-refractivity contribution in [2.45, 2.75) is 31.8 Å². The van der Waals surface area contributed by atoms with Gasteiger partial charge in [0.05, 0.1) is 23.8 Å². The van der Waals surface area contributed by atoms with Crippen molar-refractivity contribution in [2.24, 2.45) is 0 Å². The van der Waals surface area contributed by atoms with E-state index in [-0.39, 0.29) is 24.5 Å². The van der Waals surface area contributed by atoms with Crippen molar-refractivity contribution in [3.63, 3.8) is 0 Å². The Kier molecular flexibility index (Phi) is 4.29. The van der Waals surface area contributed by atoms with Gasteiger partial charge in [-0.3, -0.25) is 19.6 Å². The van der Waals surface area contributed by atoms with Gasteiger partial charge in [0, 0.05) is 17.5 Å². The van der Waals surface area contributed by atoms with Crippen molar-refractivity contribution in [1.82, 2.24) is 20.4 Å². The first-order valence-corrected chi connectivity index (χ1v) is 7.77. The van der Waals surface area contributed by atoms with Crippen LogP contribution in [0, 0.1) is 0 Å². The molecule has 1 heterocycles. The first-order chi connectivity index (χ1) is 11.1. The van der Waals surface area contributed by atoms with E-state index in [2.05, 4.69) is 15.5 Å². The number of hydrogen-bond acceptors (Lipinski definition) is 4. The standard InChI is InChI=1S/C16H20N4O3/c1-2-20(9-15(21)22)11-6-10(7-11)18-16(23)12-4-3-5-14-13(12)8-17-19-14/h3-5,8,10-11H,2,6-7,9H2,1H3,(H,17,19)(H,18,23)(H,21,22). The molecule has 3 N–H and O–H groups in total. The molecule has 0 unspecified atom stereocenters. The Morgan fingerprint density at radius 3 is 2.91 bits per heavy atom. The summed E-state index contributed by atoms with van der Waals surface area (Å²) in [6, 6.07) is 5.81. The quantitative estimate of drug-likeness (QED) is 0.744. The molecular weight excluding hydrogens is 296 g/mol. The highest BCUT2D eigenvalue weighted by atomic mass is 16.4. The van der Waals surface area contributed by atoms with Crippen LogP contribution in [-0.4, -0.2) is 57.3 Å². The maximum Gasteiger partial charge on any atom is 0.317 e. The van der Waals surface area contributed by atoms with E-state index in [9.17, 15) is 9.59 Å². The van der Waals surface area contributed by atoms with Crippen LogP contribution in [0.3, 0.4) is 0 Å². The number of carboxylic acids is 1. The highest BCUT2D eigenvalue weighted by Gasteiger charge is 2.34. The van der Waals surface area contributed by atoms with Gasteiger partial charge in [-0.15, -0.1) is 0 Å². The summed E-state index contributed by atoms with van der Waals surface area (Å²) in [7, 11) is 0. The summed E-state index contributed by atoms with van der Waals surface area (Å²) in [4.78, 5) is 25.2. The van der Waals surface area contributed by atoms with Crippen molar-refractivity contribution < 1.29 is 14.7 Å². The van der Waals surface area contributed by atoms with Crippen molar-refractivity contribution >= 4 is 22.8 Å². The summed E-state index contributed by atoms with van der Waals surface area (Å²) in [6.45, 7) is 2.70. The van der Waals surface area contributed by atoms with Crippen molar-refractivity contribution in [3.05, 3.63) is 30.0 Å². The Balaban J connectivity index is 1.58. The van der Waals surface area contributed by atoms with Crippen molar-refractivity contribution in [3.8, 4) is 0 Å². The number of hydrogen-bond donors (Lipinski definition) is 3. The zero-order chi connectivity index (χ0) is 16.4. The molecule has 3 rings (SSSR count). The first-order valence-electron chi connectivity index (χ1n) is 7.77. The second-order valence-electron chi connectivity index (χ2n) is 5.89. The number of aromatic nitrogens is 2. The number of likely N-dealkylation sites (N-methyl/N-ethyl adjacent to an activating group) is 1. The summed E-state index contributed by atoms with van der Waals surface area (Å²) < 4.78 is 0. The molecule has 1 aliphatic rings. The first kappa shape index (κ1) is 15.5. The maximum atomic E-state index is 12.4. The lowest BCUT2D eigenvalue weighted by Gasteiger charge is -2.42. The lowest BCUT2D eigenvalue weighted by Crippen LogP contribution is -2.54. The van der Waals surface area contributed by atoms with Gasteiger partial charge in [0.2, 0.25) is 0 Å². The topological polar surface area (TPSA) is 98.3 Å². The monoisotopic (exact) mass is 316 g/mol. The van der Waals surface area contributed by atoms with Crippen molar-refractivity contribution in [2.75, 3.05) is 13.1 Å². The number of carboxylic acid groups (broad SMARTS) is 1. The summed E-state index contributed by atoms with van der Waals surface area (Å²) in [5.41, 5.74) is 1.44. The number of benzene rings is 1. The molecule has 0 aliphatic heterocycles. The molecule has 0 atom stereocenters. The van der Waals surface area contributed by atoms with Crippen LogP contribution >= 0.6 is 0 Å². The summed E-state index contributed by atoms with van der Waals surface area (Å²) in [5, 5.41) is 19.5. The van der Waals surface area contributed by atoms with E-state index in [1.165, 1.54) is 0 Å². The molecule has 1 fully saturated rings. The second kappa shape index (κ2) is 6.37. The summed E-state index contributed by atoms with van der Waals surface area (Å²) in [5.74, 6) is -0.923. The van der Waals surface area contributed by atoms with E-state index < -0.39 is 5.97 Å². The van der Waals surface area contributed by atoms with E-state index in [0.29, 0.717) is 12.1 Å². The fourth-order valence-corrected chi connectivity index (χ4v) is 3.11. The molecule has 7 nitrogen and oxygen atoms in total. The number of fused-ring (bicyclic) bond motifs is 1. The van der Waals surface area contributed by atoms with Crippen LogP contribution in [0.25, 0.3) is 10.9 Å². The summed E-state index contributed by atoms with van der Waals surface area (Å²) in [6.07, 6.45) is 3.22. The Labute approximate surface area is 133 Å². The van der Waals surface area contributed by atoms with E-state index in [4.69, 9.17) is 5.11 Å². The van der Waals surface area contributed by atoms with Gasteiger partial charge in [0.15, 0.2) is 0 Å². The molecule has 0 spiro atoms. The third-order valence-electron chi connectivity index (χ3n) is 4.44. The predicted molar refractivity (Wildman–Crippen MR) is 85.3 cm³/mol. The number of nitrogens with zero attached hydrogens (tertiary/aromatic N) is 2. The van der Waals surface area contributed by atoms with Gasteiger partial charge in [0.1, 0.15) is 0 Å². The SMILES string of the molecule is CCN(CC(=O)O)C1CC(NC(=O)c2cccc3[nH]ncc23)C1. The van der Waals surface area contributed by atoms with Gasteiger partial charge in [-0.1, -0.05) is 13.0 Å². The molecule has 1 amide bonds. The molecule has 23 heavy (non-hydrogen) atoms. The molecule has 0 radical (unpaired) electrons. The Morgan fingerprint density at radius 2 is 2.22 bits per heavy atom. The molecule has 122 valence electrons. The number of rotatable bonds is 6. The van der Waals surface area contributed by atoms with E-state index in [1.807, 2.05) is 24.0 Å². The Hall–Kier alpha value is -2.41. The third-order valence-corrected chi connectivity index (χ3v) is 4.44. The van der Waals surface area contributed by atoms with Crippen LogP contribution < -0.4 is 5.32 Å². The zero-order valence-corrected chi connectivity index (χ0v) is 13.0. The van der Waals surface area contributed by atoms with Crippen LogP contribution in [0.2, 0.25) is 0 Å². The smallest absolute Gasteiger partial charge is 0.317 e.